The van der Waals surface area contributed by atoms with Crippen molar-refractivity contribution < 1.29 is 18.0 Å². The zero-order chi connectivity index (χ0) is 26.2. The molecule has 10 nitrogen and oxygen atoms in total. The van der Waals surface area contributed by atoms with E-state index in [2.05, 4.69) is 25.9 Å². The predicted molar refractivity (Wildman–Crippen MR) is 132 cm³/mol. The van der Waals surface area contributed by atoms with Crippen LogP contribution < -0.4 is 27.1 Å². The maximum atomic E-state index is 13.3. The number of carbonyl (C=O) groups is 1. The minimum absolute atomic E-state index is 0.0501. The molecule has 2 amide bonds. The number of urea groups is 1. The van der Waals surface area contributed by atoms with E-state index >= 15 is 0 Å². The quantitative estimate of drug-likeness (QED) is 0.330. The van der Waals surface area contributed by atoms with E-state index in [4.69, 9.17) is 5.73 Å². The molecule has 3 heterocycles. The normalized spacial score (nSPS) is 14.5. The van der Waals surface area contributed by atoms with Crippen molar-refractivity contribution in [3.8, 4) is 11.4 Å². The van der Waals surface area contributed by atoms with Crippen LogP contribution in [-0.2, 0) is 6.18 Å². The molecule has 5 N–H and O–H groups in total. The molecule has 2 aromatic heterocycles. The molecule has 0 fully saturated rings. The molecule has 4 aromatic rings. The summed E-state index contributed by atoms with van der Waals surface area (Å²) >= 11 is 0. The summed E-state index contributed by atoms with van der Waals surface area (Å²) in [7, 11) is 0. The van der Waals surface area contributed by atoms with Gasteiger partial charge in [-0.25, -0.2) is 9.78 Å². The molecule has 0 spiro atoms. The van der Waals surface area contributed by atoms with Crippen molar-refractivity contribution in [2.45, 2.75) is 12.3 Å². The highest BCUT2D eigenvalue weighted by molar-refractivity contribution is 6.01. The highest BCUT2D eigenvalue weighted by atomic mass is 19.4. The van der Waals surface area contributed by atoms with Crippen LogP contribution in [0.4, 0.5) is 35.2 Å². The third-order valence-corrected chi connectivity index (χ3v) is 5.63. The number of aromatic nitrogens is 3. The molecule has 2 aromatic carbocycles. The van der Waals surface area contributed by atoms with Crippen molar-refractivity contribution in [1.29, 1.82) is 0 Å². The Kier molecular flexibility index (Phi) is 5.97. The fraction of sp³-hybridized carbons (Fsp3) is 0.0833. The molecular weight excluding hydrogens is 489 g/mol. The van der Waals surface area contributed by atoms with Crippen molar-refractivity contribution in [3.05, 3.63) is 94.8 Å². The molecular formula is C24H19F3N8O2. The number of carbonyl (C=O) groups excluding carboxylic acids is 1. The Balaban J connectivity index is 1.37. The van der Waals surface area contributed by atoms with Crippen LogP contribution in [0.15, 0.2) is 83.2 Å². The lowest BCUT2D eigenvalue weighted by molar-refractivity contribution is -0.137. The molecule has 188 valence electrons. The average molecular weight is 508 g/mol. The molecule has 0 radical (unpaired) electrons. The van der Waals surface area contributed by atoms with Gasteiger partial charge < -0.3 is 30.8 Å². The Morgan fingerprint density at radius 2 is 1.84 bits per heavy atom. The number of hydrogen-bond acceptors (Lipinski definition) is 6. The van der Waals surface area contributed by atoms with Crippen LogP contribution in [0.25, 0.3) is 11.4 Å². The number of amides is 2. The predicted octanol–water partition coefficient (Wildman–Crippen LogP) is 4.10. The summed E-state index contributed by atoms with van der Waals surface area (Å²) < 4.78 is 43.0. The number of nitrogens with zero attached hydrogens (tertiary/aromatic N) is 4. The van der Waals surface area contributed by atoms with E-state index in [0.717, 1.165) is 12.1 Å². The number of halogens is 3. The molecule has 0 aliphatic carbocycles. The summed E-state index contributed by atoms with van der Waals surface area (Å²) in [6.07, 6.45) is 2.06. The minimum atomic E-state index is -4.58. The molecule has 0 saturated carbocycles. The summed E-state index contributed by atoms with van der Waals surface area (Å²) in [5, 5.41) is 8.02. The first-order valence-electron chi connectivity index (χ1n) is 10.9. The second-order valence-electron chi connectivity index (χ2n) is 8.01. The summed E-state index contributed by atoms with van der Waals surface area (Å²) in [6, 6.07) is 10.3. The minimum Gasteiger partial charge on any atom is -0.332 e. The third kappa shape index (κ3) is 4.79. The fourth-order valence-electron chi connectivity index (χ4n) is 3.88. The van der Waals surface area contributed by atoms with Gasteiger partial charge in [0.1, 0.15) is 12.0 Å². The first-order chi connectivity index (χ1) is 17.7. The van der Waals surface area contributed by atoms with Gasteiger partial charge in [0.25, 0.3) is 0 Å². The Hall–Kier alpha value is -4.91. The maximum Gasteiger partial charge on any atom is 0.416 e. The number of aliphatic imine (C=N–C) groups is 1. The van der Waals surface area contributed by atoms with Gasteiger partial charge in [0.05, 0.1) is 35.2 Å². The molecule has 1 atom stereocenters. The van der Waals surface area contributed by atoms with Gasteiger partial charge in [0, 0.05) is 36.0 Å². The Bertz CT molecular complexity index is 1540. The molecule has 1 unspecified atom stereocenters. The van der Waals surface area contributed by atoms with Gasteiger partial charge >= 0.3 is 12.2 Å². The summed E-state index contributed by atoms with van der Waals surface area (Å²) in [6.45, 7) is 0. The van der Waals surface area contributed by atoms with Crippen molar-refractivity contribution in [2.75, 3.05) is 16.0 Å². The van der Waals surface area contributed by atoms with Gasteiger partial charge in [0.2, 0.25) is 0 Å². The van der Waals surface area contributed by atoms with Crippen LogP contribution in [0.2, 0.25) is 0 Å². The lowest BCUT2D eigenvalue weighted by atomic mass is 10.1. The zero-order valence-corrected chi connectivity index (χ0v) is 18.9. The number of pyridine rings is 1. The number of nitrogens with two attached hydrogens (primary N) is 1. The number of imidazole rings is 1. The molecule has 0 saturated heterocycles. The first-order valence-corrected chi connectivity index (χ1v) is 10.9. The SMILES string of the molecule is NC1N=CNc2c1c(=O)ccn2-c1ccc(NC(=O)Nc2cc(C(F)(F)F)ccc2-n2ccnc2)cc1. The van der Waals surface area contributed by atoms with Gasteiger partial charge in [-0.15, -0.1) is 0 Å². The van der Waals surface area contributed by atoms with Gasteiger partial charge in [-0.05, 0) is 42.5 Å². The number of anilines is 3. The molecule has 5 rings (SSSR count). The average Bonchev–Trinajstić information content (AvgIpc) is 3.39. The van der Waals surface area contributed by atoms with Crippen molar-refractivity contribution >= 4 is 29.6 Å². The van der Waals surface area contributed by atoms with E-state index in [1.807, 2.05) is 0 Å². The number of alkyl halides is 3. The van der Waals surface area contributed by atoms with E-state index in [1.165, 1.54) is 35.6 Å². The highest BCUT2D eigenvalue weighted by Gasteiger charge is 2.31. The second-order valence-corrected chi connectivity index (χ2v) is 8.01. The molecule has 37 heavy (non-hydrogen) atoms. The largest absolute Gasteiger partial charge is 0.416 e. The summed E-state index contributed by atoms with van der Waals surface area (Å²) in [5.41, 5.74) is 6.42. The molecule has 0 bridgehead atoms. The van der Waals surface area contributed by atoms with Crippen molar-refractivity contribution in [1.82, 2.24) is 14.1 Å². The van der Waals surface area contributed by atoms with E-state index in [9.17, 15) is 22.8 Å². The van der Waals surface area contributed by atoms with Crippen molar-refractivity contribution in [3.63, 3.8) is 0 Å². The number of nitrogens with one attached hydrogen (secondary N) is 3. The van der Waals surface area contributed by atoms with E-state index in [-0.39, 0.29) is 11.1 Å². The van der Waals surface area contributed by atoms with Crippen LogP contribution in [0.5, 0.6) is 0 Å². The number of fused-ring (bicyclic) bond motifs is 1. The van der Waals surface area contributed by atoms with Gasteiger partial charge in [0.15, 0.2) is 5.43 Å². The number of hydrogen-bond donors (Lipinski definition) is 4. The van der Waals surface area contributed by atoms with E-state index in [0.29, 0.717) is 28.4 Å². The smallest absolute Gasteiger partial charge is 0.332 e. The lowest BCUT2D eigenvalue weighted by Crippen LogP contribution is -2.27. The summed E-state index contributed by atoms with van der Waals surface area (Å²) in [4.78, 5) is 32.8. The Morgan fingerprint density at radius 3 is 2.54 bits per heavy atom. The molecule has 1 aliphatic rings. The Morgan fingerprint density at radius 1 is 1.05 bits per heavy atom. The summed E-state index contributed by atoms with van der Waals surface area (Å²) in [5.74, 6) is 0.477. The van der Waals surface area contributed by atoms with E-state index < -0.39 is 23.9 Å². The van der Waals surface area contributed by atoms with Gasteiger partial charge in [-0.2, -0.15) is 13.2 Å². The van der Waals surface area contributed by atoms with Crippen LogP contribution in [0.3, 0.4) is 0 Å². The van der Waals surface area contributed by atoms with Crippen LogP contribution in [0, 0.1) is 0 Å². The van der Waals surface area contributed by atoms with Gasteiger partial charge in [-0.3, -0.25) is 9.79 Å². The standard InChI is InChI=1S/C24H19F3N8O2/c25-24(26,27)14-1-6-18(34-10-8-29-13-34)17(11-14)33-23(37)32-15-2-4-16(5-3-15)35-9-7-19(36)20-21(28)30-12-31-22(20)35/h1-13,21H,28H2,(H,30,31)(H2,32,33,37). The van der Waals surface area contributed by atoms with Gasteiger partial charge in [-0.1, -0.05) is 0 Å². The number of benzene rings is 2. The van der Waals surface area contributed by atoms with Crippen LogP contribution in [-0.4, -0.2) is 26.5 Å². The van der Waals surface area contributed by atoms with Crippen LogP contribution >= 0.6 is 0 Å². The first kappa shape index (κ1) is 23.8. The number of rotatable bonds is 4. The highest BCUT2D eigenvalue weighted by Crippen LogP contribution is 2.33. The van der Waals surface area contributed by atoms with Crippen molar-refractivity contribution in [2.24, 2.45) is 10.7 Å². The second kappa shape index (κ2) is 9.28. The van der Waals surface area contributed by atoms with E-state index in [1.54, 1.807) is 41.2 Å². The Labute approximate surface area is 207 Å². The molecule has 13 heteroatoms. The third-order valence-electron chi connectivity index (χ3n) is 5.63. The topological polar surface area (TPSA) is 131 Å². The fourth-order valence-corrected chi connectivity index (χ4v) is 3.88. The van der Waals surface area contributed by atoms with Crippen LogP contribution in [0.1, 0.15) is 17.3 Å². The molecule has 1 aliphatic heterocycles. The monoisotopic (exact) mass is 508 g/mol. The lowest BCUT2D eigenvalue weighted by Gasteiger charge is -2.22. The zero-order valence-electron chi connectivity index (χ0n) is 18.9. The maximum absolute atomic E-state index is 13.3.